The third-order valence-corrected chi connectivity index (χ3v) is 3.91. The highest BCUT2D eigenvalue weighted by Gasteiger charge is 2.24. The molecule has 0 aliphatic heterocycles. The van der Waals surface area contributed by atoms with Gasteiger partial charge < -0.3 is 21.3 Å². The van der Waals surface area contributed by atoms with Gasteiger partial charge in [-0.2, -0.15) is 0 Å². The molecule has 0 radical (unpaired) electrons. The minimum absolute atomic E-state index is 0.0909. The van der Waals surface area contributed by atoms with Crippen LogP contribution >= 0.6 is 0 Å². The summed E-state index contributed by atoms with van der Waals surface area (Å²) in [6.45, 7) is 3.73. The number of hydrogen-bond acceptors (Lipinski definition) is 3. The summed E-state index contributed by atoms with van der Waals surface area (Å²) in [5, 5.41) is 10.7. The van der Waals surface area contributed by atoms with E-state index in [0.717, 1.165) is 0 Å². The monoisotopic (exact) mass is 368 g/mol. The molecule has 4 amide bonds. The summed E-state index contributed by atoms with van der Waals surface area (Å²) in [4.78, 5) is 36.3. The van der Waals surface area contributed by atoms with E-state index < -0.39 is 6.04 Å². The van der Waals surface area contributed by atoms with E-state index in [4.69, 9.17) is 0 Å². The van der Waals surface area contributed by atoms with Gasteiger partial charge in [-0.25, -0.2) is 4.79 Å². The number of amides is 4. The minimum atomic E-state index is -0.679. The van der Waals surface area contributed by atoms with Crippen molar-refractivity contribution in [3.8, 4) is 0 Å². The van der Waals surface area contributed by atoms with Gasteiger partial charge in [0, 0.05) is 24.0 Å². The molecule has 1 atom stereocenters. The van der Waals surface area contributed by atoms with Gasteiger partial charge in [0.25, 0.3) is 5.91 Å². The van der Waals surface area contributed by atoms with Gasteiger partial charge in [-0.15, -0.1) is 0 Å². The molecule has 0 saturated carbocycles. The highest BCUT2D eigenvalue weighted by Crippen LogP contribution is 2.15. The second kappa shape index (κ2) is 9.38. The van der Waals surface area contributed by atoms with Crippen LogP contribution in [0.4, 0.5) is 16.2 Å². The summed E-state index contributed by atoms with van der Waals surface area (Å²) in [6, 6.07) is 14.5. The fraction of sp³-hybridized carbons (Fsp3) is 0.250. The SMILES string of the molecule is CNC(=O)Nc1ccc(NC(=O)C(NC(=O)c2ccccc2)C(C)C)cc1. The molecule has 0 spiro atoms. The number of hydrogen-bond donors (Lipinski definition) is 4. The first-order valence-electron chi connectivity index (χ1n) is 8.66. The van der Waals surface area contributed by atoms with E-state index in [1.165, 1.54) is 7.05 Å². The van der Waals surface area contributed by atoms with Crippen molar-refractivity contribution in [2.75, 3.05) is 17.7 Å². The Morgan fingerprint density at radius 2 is 1.37 bits per heavy atom. The summed E-state index contributed by atoms with van der Waals surface area (Å²) >= 11 is 0. The first-order valence-corrected chi connectivity index (χ1v) is 8.66. The molecule has 142 valence electrons. The van der Waals surface area contributed by atoms with E-state index in [1.54, 1.807) is 48.5 Å². The number of urea groups is 1. The van der Waals surface area contributed by atoms with Crippen molar-refractivity contribution in [2.24, 2.45) is 5.92 Å². The second-order valence-corrected chi connectivity index (χ2v) is 6.33. The Kier molecular flexibility index (Phi) is 6.93. The molecule has 0 bridgehead atoms. The third kappa shape index (κ3) is 5.85. The van der Waals surface area contributed by atoms with Gasteiger partial charge in [0.05, 0.1) is 0 Å². The maximum atomic E-state index is 12.6. The van der Waals surface area contributed by atoms with E-state index in [1.807, 2.05) is 19.9 Å². The Bertz CT molecular complexity index is 789. The number of benzene rings is 2. The van der Waals surface area contributed by atoms with Gasteiger partial charge >= 0.3 is 6.03 Å². The van der Waals surface area contributed by atoms with E-state index in [-0.39, 0.29) is 23.8 Å². The quantitative estimate of drug-likeness (QED) is 0.631. The lowest BCUT2D eigenvalue weighted by molar-refractivity contribution is -0.118. The second-order valence-electron chi connectivity index (χ2n) is 6.33. The summed E-state index contributed by atoms with van der Waals surface area (Å²) in [5.74, 6) is -0.692. The number of nitrogens with one attached hydrogen (secondary N) is 4. The van der Waals surface area contributed by atoms with Gasteiger partial charge in [0.1, 0.15) is 6.04 Å². The lowest BCUT2D eigenvalue weighted by Crippen LogP contribution is -2.47. The van der Waals surface area contributed by atoms with Gasteiger partial charge in [-0.1, -0.05) is 32.0 Å². The molecule has 0 saturated heterocycles. The predicted molar refractivity (Wildman–Crippen MR) is 106 cm³/mol. The summed E-state index contributed by atoms with van der Waals surface area (Å²) in [6.07, 6.45) is 0. The molecular formula is C20H24N4O3. The molecule has 1 unspecified atom stereocenters. The predicted octanol–water partition coefficient (Wildman–Crippen LogP) is 2.83. The van der Waals surface area contributed by atoms with Crippen LogP contribution in [0.2, 0.25) is 0 Å². The van der Waals surface area contributed by atoms with Gasteiger partial charge in [0.15, 0.2) is 0 Å². The number of carbonyl (C=O) groups excluding carboxylic acids is 3. The molecule has 0 fully saturated rings. The molecule has 7 nitrogen and oxygen atoms in total. The van der Waals surface area contributed by atoms with E-state index in [0.29, 0.717) is 16.9 Å². The topological polar surface area (TPSA) is 99.3 Å². The Labute approximate surface area is 158 Å². The van der Waals surface area contributed by atoms with Crippen molar-refractivity contribution < 1.29 is 14.4 Å². The van der Waals surface area contributed by atoms with Gasteiger partial charge in [0.2, 0.25) is 5.91 Å². The fourth-order valence-corrected chi connectivity index (χ4v) is 2.40. The molecule has 4 N–H and O–H groups in total. The van der Waals surface area contributed by atoms with E-state index in [2.05, 4.69) is 21.3 Å². The maximum absolute atomic E-state index is 12.6. The number of anilines is 2. The van der Waals surface area contributed by atoms with Gasteiger partial charge in [-0.3, -0.25) is 9.59 Å². The molecule has 2 aromatic rings. The molecule has 7 heteroatoms. The first kappa shape index (κ1) is 20.0. The van der Waals surface area contributed by atoms with Crippen LogP contribution in [0.15, 0.2) is 54.6 Å². The fourth-order valence-electron chi connectivity index (χ4n) is 2.40. The zero-order chi connectivity index (χ0) is 19.8. The smallest absolute Gasteiger partial charge is 0.318 e. The lowest BCUT2D eigenvalue weighted by Gasteiger charge is -2.22. The van der Waals surface area contributed by atoms with E-state index in [9.17, 15) is 14.4 Å². The third-order valence-electron chi connectivity index (χ3n) is 3.91. The normalized spacial score (nSPS) is 11.4. The zero-order valence-electron chi connectivity index (χ0n) is 15.6. The minimum Gasteiger partial charge on any atom is -0.341 e. The molecule has 0 aliphatic rings. The van der Waals surface area contributed by atoms with Crippen LogP contribution in [0.5, 0.6) is 0 Å². The number of carbonyl (C=O) groups is 3. The van der Waals surface area contributed by atoms with Crippen molar-refractivity contribution in [1.82, 2.24) is 10.6 Å². The molecule has 27 heavy (non-hydrogen) atoms. The molecular weight excluding hydrogens is 344 g/mol. The van der Waals surface area contributed by atoms with Crippen molar-refractivity contribution >= 4 is 29.2 Å². The summed E-state index contributed by atoms with van der Waals surface area (Å²) in [7, 11) is 1.53. The zero-order valence-corrected chi connectivity index (χ0v) is 15.6. The van der Waals surface area contributed by atoms with Gasteiger partial charge in [-0.05, 0) is 42.3 Å². The molecule has 2 rings (SSSR count). The van der Waals surface area contributed by atoms with Crippen LogP contribution in [-0.2, 0) is 4.79 Å². The molecule has 0 heterocycles. The number of rotatable bonds is 6. The van der Waals surface area contributed by atoms with Crippen LogP contribution in [-0.4, -0.2) is 30.9 Å². The van der Waals surface area contributed by atoms with Crippen molar-refractivity contribution in [2.45, 2.75) is 19.9 Å². The summed E-state index contributed by atoms with van der Waals surface area (Å²) in [5.41, 5.74) is 1.67. The van der Waals surface area contributed by atoms with Crippen LogP contribution in [0.3, 0.4) is 0 Å². The standard InChI is InChI=1S/C20H24N4O3/c1-13(2)17(24-18(25)14-7-5-4-6-8-14)19(26)22-15-9-11-16(12-10-15)23-20(27)21-3/h4-13,17H,1-3H3,(H,22,26)(H,24,25)(H2,21,23,27). The Balaban J connectivity index is 2.02. The van der Waals surface area contributed by atoms with E-state index >= 15 is 0 Å². The Hall–Kier alpha value is -3.35. The van der Waals surface area contributed by atoms with Crippen molar-refractivity contribution in [3.63, 3.8) is 0 Å². The Morgan fingerprint density at radius 3 is 1.89 bits per heavy atom. The van der Waals surface area contributed by atoms with Crippen LogP contribution in [0.25, 0.3) is 0 Å². The largest absolute Gasteiger partial charge is 0.341 e. The lowest BCUT2D eigenvalue weighted by atomic mass is 10.0. The first-order chi connectivity index (χ1) is 12.9. The van der Waals surface area contributed by atoms with Crippen molar-refractivity contribution in [1.29, 1.82) is 0 Å². The molecule has 0 aliphatic carbocycles. The summed E-state index contributed by atoms with van der Waals surface area (Å²) < 4.78 is 0. The maximum Gasteiger partial charge on any atom is 0.318 e. The average Bonchev–Trinajstić information content (AvgIpc) is 2.67. The Morgan fingerprint density at radius 1 is 0.815 bits per heavy atom. The van der Waals surface area contributed by atoms with Crippen LogP contribution in [0, 0.1) is 5.92 Å². The molecule has 2 aromatic carbocycles. The highest BCUT2D eigenvalue weighted by molar-refractivity contribution is 6.01. The van der Waals surface area contributed by atoms with Crippen LogP contribution in [0.1, 0.15) is 24.2 Å². The van der Waals surface area contributed by atoms with Crippen LogP contribution < -0.4 is 21.3 Å². The highest BCUT2D eigenvalue weighted by atomic mass is 16.2. The van der Waals surface area contributed by atoms with Crippen molar-refractivity contribution in [3.05, 3.63) is 60.2 Å². The molecule has 0 aromatic heterocycles. The average molecular weight is 368 g/mol.